The first-order valence-corrected chi connectivity index (χ1v) is 14.6. The van der Waals surface area contributed by atoms with Gasteiger partial charge < -0.3 is 9.64 Å². The van der Waals surface area contributed by atoms with Crippen molar-refractivity contribution in [2.75, 3.05) is 13.1 Å². The van der Waals surface area contributed by atoms with Crippen molar-refractivity contribution in [2.24, 2.45) is 0 Å². The average Bonchev–Trinajstić information content (AvgIpc) is 3.70. The van der Waals surface area contributed by atoms with Gasteiger partial charge in [0, 0.05) is 55.2 Å². The van der Waals surface area contributed by atoms with Gasteiger partial charge in [-0.3, -0.25) is 29.6 Å². The van der Waals surface area contributed by atoms with E-state index in [9.17, 15) is 14.4 Å². The molecule has 4 aliphatic rings. The molecule has 3 fully saturated rings. The number of nitrogens with one attached hydrogen (secondary N) is 1. The van der Waals surface area contributed by atoms with Crippen molar-refractivity contribution in [1.82, 2.24) is 20.1 Å². The molecule has 3 amide bonds. The first kappa shape index (κ1) is 25.2. The zero-order valence-electron chi connectivity index (χ0n) is 22.6. The van der Waals surface area contributed by atoms with Gasteiger partial charge in [0.2, 0.25) is 11.8 Å². The quantitative estimate of drug-likeness (QED) is 0.471. The van der Waals surface area contributed by atoms with Crippen molar-refractivity contribution in [1.29, 1.82) is 0 Å². The Morgan fingerprint density at radius 3 is 2.67 bits per heavy atom. The molecule has 0 bridgehead atoms. The Labute approximate surface area is 233 Å². The van der Waals surface area contributed by atoms with Crippen molar-refractivity contribution < 1.29 is 19.1 Å². The SMILES string of the molecule is O=C1CCC(N2Cc3cc(O[C@H]4CCN(Cc5ccc6nc(C7CCCC7)ccc6c5)C4)ccc3C2=O)C(=O)N1. The van der Waals surface area contributed by atoms with Crippen LogP contribution in [0.2, 0.25) is 0 Å². The van der Waals surface area contributed by atoms with E-state index in [2.05, 4.69) is 40.5 Å². The monoisotopic (exact) mass is 538 g/mol. The summed E-state index contributed by atoms with van der Waals surface area (Å²) in [7, 11) is 0. The number of benzene rings is 2. The van der Waals surface area contributed by atoms with Crippen LogP contribution in [0.3, 0.4) is 0 Å². The Balaban J connectivity index is 0.965. The van der Waals surface area contributed by atoms with Crippen LogP contribution in [-0.2, 0) is 22.7 Å². The van der Waals surface area contributed by atoms with E-state index in [-0.39, 0.29) is 24.3 Å². The molecule has 0 radical (unpaired) electrons. The lowest BCUT2D eigenvalue weighted by Gasteiger charge is -2.29. The number of ether oxygens (including phenoxy) is 1. The number of hydrogen-bond acceptors (Lipinski definition) is 6. The topological polar surface area (TPSA) is 91.8 Å². The number of fused-ring (bicyclic) bond motifs is 2. The van der Waals surface area contributed by atoms with Gasteiger partial charge in [0.1, 0.15) is 17.9 Å². The molecule has 206 valence electrons. The molecule has 1 aliphatic carbocycles. The predicted octanol–water partition coefficient (Wildman–Crippen LogP) is 4.31. The highest BCUT2D eigenvalue weighted by Crippen LogP contribution is 2.34. The number of pyridine rings is 1. The molecule has 4 heterocycles. The molecule has 1 unspecified atom stereocenters. The van der Waals surface area contributed by atoms with Crippen molar-refractivity contribution in [3.63, 3.8) is 0 Å². The number of carbonyl (C=O) groups excluding carboxylic acids is 3. The number of amides is 3. The zero-order chi connectivity index (χ0) is 27.2. The third-order valence-electron chi connectivity index (χ3n) is 8.98. The van der Waals surface area contributed by atoms with Gasteiger partial charge in [0.05, 0.1) is 5.52 Å². The third-order valence-corrected chi connectivity index (χ3v) is 8.98. The minimum absolute atomic E-state index is 0.0810. The van der Waals surface area contributed by atoms with E-state index in [4.69, 9.17) is 9.72 Å². The van der Waals surface area contributed by atoms with Crippen LogP contribution < -0.4 is 10.1 Å². The average molecular weight is 539 g/mol. The van der Waals surface area contributed by atoms with Gasteiger partial charge in [-0.2, -0.15) is 0 Å². The van der Waals surface area contributed by atoms with Gasteiger partial charge in [-0.15, -0.1) is 0 Å². The minimum Gasteiger partial charge on any atom is -0.489 e. The molecular formula is C32H34N4O4. The lowest BCUT2D eigenvalue weighted by Crippen LogP contribution is -2.52. The summed E-state index contributed by atoms with van der Waals surface area (Å²) in [6.45, 7) is 3.04. The molecule has 1 aromatic heterocycles. The van der Waals surface area contributed by atoms with Crippen LogP contribution in [0.4, 0.5) is 0 Å². The molecule has 2 aromatic carbocycles. The summed E-state index contributed by atoms with van der Waals surface area (Å²) in [5.41, 5.74) is 5.08. The van der Waals surface area contributed by atoms with Crippen molar-refractivity contribution in [3.05, 3.63) is 70.9 Å². The molecule has 3 aromatic rings. The number of nitrogens with zero attached hydrogens (tertiary/aromatic N) is 3. The van der Waals surface area contributed by atoms with Crippen LogP contribution in [0, 0.1) is 0 Å². The summed E-state index contributed by atoms with van der Waals surface area (Å²) in [5.74, 6) is 0.539. The van der Waals surface area contributed by atoms with Crippen LogP contribution in [0.5, 0.6) is 5.75 Å². The molecule has 40 heavy (non-hydrogen) atoms. The number of piperidine rings is 1. The van der Waals surface area contributed by atoms with E-state index in [0.29, 0.717) is 24.4 Å². The molecule has 7 rings (SSSR count). The third kappa shape index (κ3) is 4.85. The summed E-state index contributed by atoms with van der Waals surface area (Å²) in [6, 6.07) is 16.1. The Morgan fingerprint density at radius 2 is 1.82 bits per heavy atom. The fraction of sp³-hybridized carbons (Fsp3) is 0.438. The molecule has 2 atom stereocenters. The summed E-state index contributed by atoms with van der Waals surface area (Å²) < 4.78 is 6.35. The van der Waals surface area contributed by atoms with E-state index in [1.807, 2.05) is 12.1 Å². The van der Waals surface area contributed by atoms with E-state index < -0.39 is 11.9 Å². The maximum atomic E-state index is 13.0. The summed E-state index contributed by atoms with van der Waals surface area (Å²) >= 11 is 0. The highest BCUT2D eigenvalue weighted by atomic mass is 16.5. The molecule has 8 nitrogen and oxygen atoms in total. The predicted molar refractivity (Wildman–Crippen MR) is 150 cm³/mol. The molecule has 3 aliphatic heterocycles. The Bertz CT molecular complexity index is 1500. The van der Waals surface area contributed by atoms with Crippen LogP contribution in [0.15, 0.2) is 48.5 Å². The number of rotatable bonds is 6. The molecular weight excluding hydrogens is 504 g/mol. The number of hydrogen-bond donors (Lipinski definition) is 1. The molecule has 1 saturated carbocycles. The smallest absolute Gasteiger partial charge is 0.255 e. The molecule has 0 spiro atoms. The standard InChI is InChI=1S/C32H34N4O4/c37-30-12-11-29(31(38)34-30)36-18-23-16-24(7-8-26(23)32(36)39)40-25-13-14-35(19-25)17-20-5-9-28-22(15-20)6-10-27(33-28)21-3-1-2-4-21/h5-10,15-16,21,25,29H,1-4,11-14,17-19H2,(H,34,37,38)/t25-,29?/m0/s1. The second-order valence-electron chi connectivity index (χ2n) is 11.7. The van der Waals surface area contributed by atoms with E-state index in [1.165, 1.54) is 42.3 Å². The fourth-order valence-corrected chi connectivity index (χ4v) is 6.85. The van der Waals surface area contributed by atoms with Gasteiger partial charge in [0.25, 0.3) is 5.91 Å². The van der Waals surface area contributed by atoms with Gasteiger partial charge in [-0.05, 0) is 73.2 Å². The zero-order valence-corrected chi connectivity index (χ0v) is 22.6. The van der Waals surface area contributed by atoms with Crippen LogP contribution in [0.25, 0.3) is 10.9 Å². The van der Waals surface area contributed by atoms with Gasteiger partial charge in [-0.25, -0.2) is 0 Å². The van der Waals surface area contributed by atoms with Gasteiger partial charge in [-0.1, -0.05) is 25.0 Å². The Kier molecular flexibility index (Phi) is 6.50. The molecule has 8 heteroatoms. The summed E-state index contributed by atoms with van der Waals surface area (Å²) in [5, 5.41) is 3.55. The summed E-state index contributed by atoms with van der Waals surface area (Å²) in [4.78, 5) is 45.8. The van der Waals surface area contributed by atoms with Gasteiger partial charge in [0.15, 0.2) is 0 Å². The van der Waals surface area contributed by atoms with Crippen LogP contribution >= 0.6 is 0 Å². The maximum absolute atomic E-state index is 13.0. The number of carbonyl (C=O) groups is 3. The number of imide groups is 1. The van der Waals surface area contributed by atoms with Crippen molar-refractivity contribution >= 4 is 28.6 Å². The normalized spacial score (nSPS) is 23.7. The first-order chi connectivity index (χ1) is 19.5. The second-order valence-corrected chi connectivity index (χ2v) is 11.7. The van der Waals surface area contributed by atoms with E-state index >= 15 is 0 Å². The Morgan fingerprint density at radius 1 is 0.950 bits per heavy atom. The number of aromatic nitrogens is 1. The largest absolute Gasteiger partial charge is 0.489 e. The first-order valence-electron chi connectivity index (χ1n) is 14.6. The van der Waals surface area contributed by atoms with Crippen LogP contribution in [-0.4, -0.2) is 57.7 Å². The van der Waals surface area contributed by atoms with Crippen molar-refractivity contribution in [2.45, 2.75) is 76.1 Å². The lowest BCUT2D eigenvalue weighted by atomic mass is 10.0. The maximum Gasteiger partial charge on any atom is 0.255 e. The lowest BCUT2D eigenvalue weighted by molar-refractivity contribution is -0.136. The van der Waals surface area contributed by atoms with E-state index in [0.717, 1.165) is 42.9 Å². The van der Waals surface area contributed by atoms with Crippen LogP contribution in [0.1, 0.15) is 78.0 Å². The second kappa shape index (κ2) is 10.3. The highest BCUT2D eigenvalue weighted by molar-refractivity contribution is 6.05. The highest BCUT2D eigenvalue weighted by Gasteiger charge is 2.39. The van der Waals surface area contributed by atoms with Crippen molar-refractivity contribution in [3.8, 4) is 5.75 Å². The molecule has 1 N–H and O–H groups in total. The van der Waals surface area contributed by atoms with E-state index in [1.54, 1.807) is 11.0 Å². The van der Waals surface area contributed by atoms with Gasteiger partial charge >= 0.3 is 0 Å². The number of likely N-dealkylation sites (tertiary alicyclic amines) is 1. The molecule has 2 saturated heterocycles. The summed E-state index contributed by atoms with van der Waals surface area (Å²) in [6.07, 6.45) is 6.80. The minimum atomic E-state index is -0.606. The Hall–Kier alpha value is -3.78. The fourth-order valence-electron chi connectivity index (χ4n) is 6.85.